The van der Waals surface area contributed by atoms with Crippen LogP contribution < -0.4 is 14.8 Å². The van der Waals surface area contributed by atoms with Gasteiger partial charge in [0.15, 0.2) is 11.5 Å². The van der Waals surface area contributed by atoms with E-state index in [1.54, 1.807) is 38.2 Å². The SMILES string of the molecule is CC[C@H](C)NC(=O)[C@@H](C)N(Cc1ccc(Cl)c(Cl)c1)C(=O)CCc1ccc(OC)c(OC)c1. The minimum atomic E-state index is -0.647. The summed E-state index contributed by atoms with van der Waals surface area (Å²) in [5.74, 6) is 0.909. The summed E-state index contributed by atoms with van der Waals surface area (Å²) < 4.78 is 10.6. The highest BCUT2D eigenvalue weighted by atomic mass is 35.5. The molecule has 0 unspecified atom stereocenters. The van der Waals surface area contributed by atoms with E-state index >= 15 is 0 Å². The Bertz CT molecular complexity index is 967. The van der Waals surface area contributed by atoms with Gasteiger partial charge in [-0.05, 0) is 62.1 Å². The van der Waals surface area contributed by atoms with Gasteiger partial charge < -0.3 is 19.7 Å². The van der Waals surface area contributed by atoms with Crippen molar-refractivity contribution in [2.75, 3.05) is 14.2 Å². The van der Waals surface area contributed by atoms with Crippen LogP contribution in [0.2, 0.25) is 10.0 Å². The van der Waals surface area contributed by atoms with Gasteiger partial charge in [0.2, 0.25) is 11.8 Å². The fourth-order valence-electron chi connectivity index (χ4n) is 3.31. The van der Waals surface area contributed by atoms with Crippen LogP contribution in [0.5, 0.6) is 11.5 Å². The van der Waals surface area contributed by atoms with Crippen LogP contribution in [-0.4, -0.2) is 43.0 Å². The molecule has 33 heavy (non-hydrogen) atoms. The smallest absolute Gasteiger partial charge is 0.242 e. The molecule has 0 bridgehead atoms. The molecule has 0 saturated heterocycles. The van der Waals surface area contributed by atoms with Crippen molar-refractivity contribution in [2.45, 2.75) is 58.7 Å². The molecule has 0 fully saturated rings. The van der Waals surface area contributed by atoms with E-state index in [9.17, 15) is 9.59 Å². The zero-order valence-electron chi connectivity index (χ0n) is 19.8. The van der Waals surface area contributed by atoms with Crippen LogP contribution >= 0.6 is 23.2 Å². The summed E-state index contributed by atoms with van der Waals surface area (Å²) in [4.78, 5) is 27.7. The highest BCUT2D eigenvalue weighted by molar-refractivity contribution is 6.42. The molecule has 2 amide bonds. The second-order valence-corrected chi connectivity index (χ2v) is 8.77. The minimum Gasteiger partial charge on any atom is -0.493 e. The van der Waals surface area contributed by atoms with Gasteiger partial charge >= 0.3 is 0 Å². The van der Waals surface area contributed by atoms with E-state index in [0.717, 1.165) is 17.5 Å². The molecule has 0 saturated carbocycles. The lowest BCUT2D eigenvalue weighted by Crippen LogP contribution is -2.49. The average molecular weight is 495 g/mol. The summed E-state index contributed by atoms with van der Waals surface area (Å²) in [7, 11) is 3.15. The Kier molecular flexibility index (Phi) is 10.3. The Hall–Kier alpha value is -2.44. The molecule has 1 N–H and O–H groups in total. The predicted molar refractivity (Wildman–Crippen MR) is 132 cm³/mol. The maximum absolute atomic E-state index is 13.3. The van der Waals surface area contributed by atoms with Crippen LogP contribution in [0.25, 0.3) is 0 Å². The number of carbonyl (C=O) groups is 2. The number of amides is 2. The molecule has 0 aliphatic heterocycles. The number of benzene rings is 2. The lowest BCUT2D eigenvalue weighted by molar-refractivity contribution is -0.140. The molecule has 2 rings (SSSR count). The predicted octanol–water partition coefficient (Wildman–Crippen LogP) is 5.28. The number of nitrogens with zero attached hydrogens (tertiary/aromatic N) is 1. The molecule has 0 aliphatic rings. The van der Waals surface area contributed by atoms with Gasteiger partial charge in [0.1, 0.15) is 6.04 Å². The van der Waals surface area contributed by atoms with Crippen molar-refractivity contribution in [1.29, 1.82) is 0 Å². The molecule has 8 heteroatoms. The number of aryl methyl sites for hydroxylation is 1. The molecule has 180 valence electrons. The Morgan fingerprint density at radius 2 is 1.64 bits per heavy atom. The third-order valence-corrected chi connectivity index (χ3v) is 6.32. The number of rotatable bonds is 11. The molecule has 6 nitrogen and oxygen atoms in total. The van der Waals surface area contributed by atoms with E-state index in [4.69, 9.17) is 32.7 Å². The van der Waals surface area contributed by atoms with E-state index in [-0.39, 0.29) is 30.8 Å². The van der Waals surface area contributed by atoms with Crippen LogP contribution in [0.3, 0.4) is 0 Å². The number of ether oxygens (including phenoxy) is 2. The van der Waals surface area contributed by atoms with Gasteiger partial charge in [0, 0.05) is 19.0 Å². The number of hydrogen-bond acceptors (Lipinski definition) is 4. The minimum absolute atomic E-state index is 0.0219. The van der Waals surface area contributed by atoms with Crippen LogP contribution in [0.15, 0.2) is 36.4 Å². The zero-order chi connectivity index (χ0) is 24.5. The Morgan fingerprint density at radius 3 is 2.24 bits per heavy atom. The standard InChI is InChI=1S/C25H32Cl2N2O4/c1-6-16(2)28-25(31)17(3)29(15-19-7-10-20(26)21(27)13-19)24(30)12-9-18-8-11-22(32-4)23(14-18)33-5/h7-8,10-11,13-14,16-17H,6,9,12,15H2,1-5H3,(H,28,31)/t16-,17+/m0/s1. The lowest BCUT2D eigenvalue weighted by Gasteiger charge is -2.30. The number of halogens is 2. The largest absolute Gasteiger partial charge is 0.493 e. The first-order valence-electron chi connectivity index (χ1n) is 10.9. The number of carbonyl (C=O) groups excluding carboxylic acids is 2. The van der Waals surface area contributed by atoms with Crippen LogP contribution in [0.4, 0.5) is 0 Å². The van der Waals surface area contributed by atoms with E-state index in [1.165, 1.54) is 0 Å². The Labute approximate surface area is 206 Å². The quantitative estimate of drug-likeness (QED) is 0.461. The summed E-state index contributed by atoms with van der Waals surface area (Å²) in [6, 6.07) is 10.2. The van der Waals surface area contributed by atoms with Gasteiger partial charge in [-0.3, -0.25) is 9.59 Å². The van der Waals surface area contributed by atoms with E-state index < -0.39 is 6.04 Å². The van der Waals surface area contributed by atoms with Crippen molar-refractivity contribution < 1.29 is 19.1 Å². The summed E-state index contributed by atoms with van der Waals surface area (Å²) in [5.41, 5.74) is 1.74. The van der Waals surface area contributed by atoms with E-state index in [1.807, 2.05) is 38.1 Å². The van der Waals surface area contributed by atoms with Crippen LogP contribution in [0, 0.1) is 0 Å². The average Bonchev–Trinajstić information content (AvgIpc) is 2.82. The number of hydrogen-bond donors (Lipinski definition) is 1. The molecule has 0 spiro atoms. The highest BCUT2D eigenvalue weighted by Crippen LogP contribution is 2.28. The van der Waals surface area contributed by atoms with E-state index in [2.05, 4.69) is 5.32 Å². The first-order valence-corrected chi connectivity index (χ1v) is 11.7. The summed E-state index contributed by atoms with van der Waals surface area (Å²) >= 11 is 12.2. The Morgan fingerprint density at radius 1 is 0.970 bits per heavy atom. The molecule has 0 aromatic heterocycles. The third kappa shape index (κ3) is 7.54. The molecular formula is C25H32Cl2N2O4. The zero-order valence-corrected chi connectivity index (χ0v) is 21.3. The second kappa shape index (κ2) is 12.7. The lowest BCUT2D eigenvalue weighted by atomic mass is 10.1. The Balaban J connectivity index is 2.21. The van der Waals surface area contributed by atoms with Crippen LogP contribution in [0.1, 0.15) is 44.7 Å². The van der Waals surface area contributed by atoms with E-state index in [0.29, 0.717) is 28.0 Å². The van der Waals surface area contributed by atoms with Gasteiger partial charge in [-0.25, -0.2) is 0 Å². The van der Waals surface area contributed by atoms with Gasteiger partial charge in [-0.2, -0.15) is 0 Å². The number of methoxy groups -OCH3 is 2. The van der Waals surface area contributed by atoms with Gasteiger partial charge in [0.25, 0.3) is 0 Å². The molecule has 2 aromatic carbocycles. The molecule has 2 atom stereocenters. The summed E-state index contributed by atoms with van der Waals surface area (Å²) in [6.45, 7) is 5.92. The maximum atomic E-state index is 13.3. The van der Waals surface area contributed by atoms with Gasteiger partial charge in [-0.15, -0.1) is 0 Å². The highest BCUT2D eigenvalue weighted by Gasteiger charge is 2.26. The number of nitrogens with one attached hydrogen (secondary N) is 1. The van der Waals surface area contributed by atoms with Crippen molar-refractivity contribution in [3.8, 4) is 11.5 Å². The second-order valence-electron chi connectivity index (χ2n) is 7.95. The van der Waals surface area contributed by atoms with Crippen molar-refractivity contribution in [2.24, 2.45) is 0 Å². The normalized spacial score (nSPS) is 12.6. The van der Waals surface area contributed by atoms with Gasteiger partial charge in [-0.1, -0.05) is 42.3 Å². The molecule has 2 aromatic rings. The summed E-state index contributed by atoms with van der Waals surface area (Å²) in [6.07, 6.45) is 1.53. The molecule has 0 aliphatic carbocycles. The molecular weight excluding hydrogens is 463 g/mol. The van der Waals surface area contributed by atoms with Crippen molar-refractivity contribution >= 4 is 35.0 Å². The third-order valence-electron chi connectivity index (χ3n) is 5.58. The van der Waals surface area contributed by atoms with Crippen molar-refractivity contribution in [1.82, 2.24) is 10.2 Å². The van der Waals surface area contributed by atoms with Crippen LogP contribution in [-0.2, 0) is 22.6 Å². The van der Waals surface area contributed by atoms with Gasteiger partial charge in [0.05, 0.1) is 24.3 Å². The molecule has 0 radical (unpaired) electrons. The van der Waals surface area contributed by atoms with Crippen molar-refractivity contribution in [3.63, 3.8) is 0 Å². The summed E-state index contributed by atoms with van der Waals surface area (Å²) in [5, 5.41) is 3.81. The first-order chi connectivity index (χ1) is 15.7. The first kappa shape index (κ1) is 26.8. The fraction of sp³-hybridized carbons (Fsp3) is 0.440. The van der Waals surface area contributed by atoms with Crippen molar-refractivity contribution in [3.05, 3.63) is 57.6 Å². The molecule has 0 heterocycles. The topological polar surface area (TPSA) is 67.9 Å². The monoisotopic (exact) mass is 494 g/mol. The maximum Gasteiger partial charge on any atom is 0.242 e. The fourth-order valence-corrected chi connectivity index (χ4v) is 3.63.